The lowest BCUT2D eigenvalue weighted by atomic mass is 9.94. The Balaban J connectivity index is 1.93. The molecule has 4 nitrogen and oxygen atoms in total. The number of aliphatic hydroxyl groups is 2. The topological polar surface area (TPSA) is 74.6 Å². The summed E-state index contributed by atoms with van der Waals surface area (Å²) in [7, 11) is 0. The molecule has 0 saturated carbocycles. The zero-order chi connectivity index (χ0) is 19.9. The van der Waals surface area contributed by atoms with Crippen LogP contribution in [0.4, 0.5) is 0 Å². The molecule has 0 unspecified atom stereocenters. The average molecular weight is 379 g/mol. The predicted molar refractivity (Wildman–Crippen MR) is 110 cm³/mol. The van der Waals surface area contributed by atoms with Crippen LogP contribution in [-0.2, 0) is 9.59 Å². The van der Waals surface area contributed by atoms with Crippen molar-refractivity contribution < 1.29 is 19.8 Å². The van der Waals surface area contributed by atoms with Crippen molar-refractivity contribution in [2.45, 2.75) is 110 Å². The number of aliphatic hydroxyl groups excluding tert-OH is 2. The van der Waals surface area contributed by atoms with Crippen molar-refractivity contribution in [2.75, 3.05) is 0 Å². The molecule has 0 fully saturated rings. The summed E-state index contributed by atoms with van der Waals surface area (Å²) < 4.78 is 0. The van der Waals surface area contributed by atoms with Gasteiger partial charge in [-0.3, -0.25) is 9.59 Å². The maximum atomic E-state index is 11.8. The van der Waals surface area contributed by atoms with E-state index in [1.165, 1.54) is 77.0 Å². The second-order valence-corrected chi connectivity index (χ2v) is 7.75. The Morgan fingerprint density at radius 3 is 1.52 bits per heavy atom. The molecule has 1 aliphatic rings. The van der Waals surface area contributed by atoms with Gasteiger partial charge in [0.15, 0.2) is 11.5 Å². The van der Waals surface area contributed by atoms with Crippen molar-refractivity contribution in [2.24, 2.45) is 0 Å². The van der Waals surface area contributed by atoms with E-state index < -0.39 is 23.1 Å². The van der Waals surface area contributed by atoms with E-state index in [0.717, 1.165) is 25.3 Å². The molecule has 0 atom stereocenters. The highest BCUT2D eigenvalue weighted by molar-refractivity contribution is 6.20. The van der Waals surface area contributed by atoms with Crippen LogP contribution in [0.25, 0.3) is 0 Å². The fraction of sp³-hybridized carbons (Fsp3) is 0.739. The summed E-state index contributed by atoms with van der Waals surface area (Å²) in [6.45, 7) is 2.26. The van der Waals surface area contributed by atoms with Crippen LogP contribution in [-0.4, -0.2) is 21.8 Å². The Hall–Kier alpha value is -1.58. The largest absolute Gasteiger partial charge is 0.504 e. The van der Waals surface area contributed by atoms with Crippen LogP contribution >= 0.6 is 0 Å². The maximum Gasteiger partial charge on any atom is 0.227 e. The van der Waals surface area contributed by atoms with Gasteiger partial charge in [-0.25, -0.2) is 0 Å². The van der Waals surface area contributed by atoms with Crippen LogP contribution in [0.2, 0.25) is 0 Å². The normalized spacial score (nSPS) is 14.8. The lowest BCUT2D eigenvalue weighted by Crippen LogP contribution is -2.19. The molecule has 0 aromatic carbocycles. The minimum absolute atomic E-state index is 0.0645. The van der Waals surface area contributed by atoms with E-state index in [1.54, 1.807) is 0 Å². The van der Waals surface area contributed by atoms with Gasteiger partial charge >= 0.3 is 0 Å². The van der Waals surface area contributed by atoms with E-state index in [1.807, 2.05) is 0 Å². The van der Waals surface area contributed by atoms with Gasteiger partial charge in [-0.05, 0) is 12.8 Å². The summed E-state index contributed by atoms with van der Waals surface area (Å²) in [5.41, 5.74) is 0.0645. The van der Waals surface area contributed by atoms with E-state index in [0.29, 0.717) is 6.42 Å². The summed E-state index contributed by atoms with van der Waals surface area (Å²) in [5, 5.41) is 19.1. The molecule has 4 heteroatoms. The second kappa shape index (κ2) is 14.5. The predicted octanol–water partition coefficient (Wildman–Crippen LogP) is 6.65. The summed E-state index contributed by atoms with van der Waals surface area (Å²) in [6, 6.07) is 0. The molecule has 154 valence electrons. The molecule has 0 bridgehead atoms. The van der Waals surface area contributed by atoms with Crippen molar-refractivity contribution in [3.8, 4) is 0 Å². The zero-order valence-corrected chi connectivity index (χ0v) is 17.1. The molecule has 0 saturated heterocycles. The Morgan fingerprint density at radius 1 is 0.667 bits per heavy atom. The molecule has 0 aromatic rings. The third kappa shape index (κ3) is 9.78. The van der Waals surface area contributed by atoms with Crippen LogP contribution in [0.3, 0.4) is 0 Å². The minimum atomic E-state index is -0.678. The van der Waals surface area contributed by atoms with Gasteiger partial charge in [0.25, 0.3) is 0 Å². The fourth-order valence-electron chi connectivity index (χ4n) is 3.57. The average Bonchev–Trinajstić information content (AvgIpc) is 2.65. The van der Waals surface area contributed by atoms with Crippen LogP contribution in [0, 0.1) is 0 Å². The SMILES string of the molecule is CCCCCCCCCCCCCCCCCC1=C(O)C(=O)C=C(O)C1=O. The summed E-state index contributed by atoms with van der Waals surface area (Å²) in [5.74, 6) is -2.35. The van der Waals surface area contributed by atoms with Gasteiger partial charge in [0.05, 0.1) is 0 Å². The standard InChI is InChI=1S/C23H38O4/c1-2-3-4-5-6-7-8-9-10-11-12-13-14-15-16-17-19-22(26)20(24)18-21(25)23(19)27/h18,24,27H,2-17H2,1H3. The molecule has 0 amide bonds. The lowest BCUT2D eigenvalue weighted by Gasteiger charge is -2.12. The number of unbranched alkanes of at least 4 members (excludes halogenated alkanes) is 14. The van der Waals surface area contributed by atoms with Crippen LogP contribution in [0.5, 0.6) is 0 Å². The van der Waals surface area contributed by atoms with Crippen LogP contribution in [0.15, 0.2) is 23.2 Å². The first-order valence-electron chi connectivity index (χ1n) is 11.0. The zero-order valence-electron chi connectivity index (χ0n) is 17.1. The van der Waals surface area contributed by atoms with Gasteiger partial charge in [-0.1, -0.05) is 96.8 Å². The first-order chi connectivity index (χ1) is 13.1. The molecule has 0 radical (unpaired) electrons. The molecule has 0 heterocycles. The Labute approximate surface area is 164 Å². The van der Waals surface area contributed by atoms with E-state index in [-0.39, 0.29) is 5.57 Å². The number of hydrogen-bond acceptors (Lipinski definition) is 4. The van der Waals surface area contributed by atoms with Gasteiger partial charge in [-0.2, -0.15) is 0 Å². The molecule has 1 aliphatic carbocycles. The van der Waals surface area contributed by atoms with Crippen LogP contribution < -0.4 is 0 Å². The number of ketones is 2. The van der Waals surface area contributed by atoms with Crippen molar-refractivity contribution in [1.82, 2.24) is 0 Å². The third-order valence-corrected chi connectivity index (χ3v) is 5.32. The third-order valence-electron chi connectivity index (χ3n) is 5.32. The van der Waals surface area contributed by atoms with E-state index in [9.17, 15) is 19.8 Å². The van der Waals surface area contributed by atoms with Crippen LogP contribution in [0.1, 0.15) is 110 Å². The maximum absolute atomic E-state index is 11.8. The Morgan fingerprint density at radius 2 is 1.07 bits per heavy atom. The van der Waals surface area contributed by atoms with E-state index in [2.05, 4.69) is 6.92 Å². The Bertz CT molecular complexity index is 516. The first kappa shape index (κ1) is 23.5. The van der Waals surface area contributed by atoms with Gasteiger partial charge in [0.2, 0.25) is 11.6 Å². The molecule has 0 aromatic heterocycles. The van der Waals surface area contributed by atoms with Crippen molar-refractivity contribution in [1.29, 1.82) is 0 Å². The Kier molecular flexibility index (Phi) is 12.6. The number of allylic oxidation sites excluding steroid dienone is 2. The molecular weight excluding hydrogens is 340 g/mol. The quantitative estimate of drug-likeness (QED) is 0.233. The van der Waals surface area contributed by atoms with Crippen molar-refractivity contribution in [3.05, 3.63) is 23.2 Å². The highest BCUT2D eigenvalue weighted by Crippen LogP contribution is 2.22. The van der Waals surface area contributed by atoms with Crippen molar-refractivity contribution >= 4 is 11.6 Å². The molecule has 1 rings (SSSR count). The summed E-state index contributed by atoms with van der Waals surface area (Å²) >= 11 is 0. The number of Topliss-reactive ketones (excluding diaryl/α,β-unsaturated/α-hetero) is 1. The number of hydrogen-bond donors (Lipinski definition) is 2. The van der Waals surface area contributed by atoms with Gasteiger partial charge in [0.1, 0.15) is 0 Å². The van der Waals surface area contributed by atoms with Gasteiger partial charge in [0, 0.05) is 11.6 Å². The van der Waals surface area contributed by atoms with Gasteiger partial charge in [-0.15, -0.1) is 0 Å². The number of carbonyl (C=O) groups excluding carboxylic acids is 2. The second-order valence-electron chi connectivity index (χ2n) is 7.75. The van der Waals surface area contributed by atoms with Gasteiger partial charge < -0.3 is 10.2 Å². The molecule has 27 heavy (non-hydrogen) atoms. The smallest absolute Gasteiger partial charge is 0.227 e. The molecule has 2 N–H and O–H groups in total. The molecular formula is C23H38O4. The molecule has 0 spiro atoms. The monoisotopic (exact) mass is 378 g/mol. The minimum Gasteiger partial charge on any atom is -0.504 e. The summed E-state index contributed by atoms with van der Waals surface area (Å²) in [6.07, 6.45) is 20.1. The number of rotatable bonds is 16. The first-order valence-corrected chi connectivity index (χ1v) is 11.0. The highest BCUT2D eigenvalue weighted by Gasteiger charge is 2.27. The van der Waals surface area contributed by atoms with Crippen molar-refractivity contribution in [3.63, 3.8) is 0 Å². The fourth-order valence-corrected chi connectivity index (χ4v) is 3.57. The lowest BCUT2D eigenvalue weighted by molar-refractivity contribution is -0.119. The highest BCUT2D eigenvalue weighted by atomic mass is 16.3. The van der Waals surface area contributed by atoms with E-state index in [4.69, 9.17) is 0 Å². The van der Waals surface area contributed by atoms with E-state index >= 15 is 0 Å². The molecule has 0 aliphatic heterocycles. The summed E-state index contributed by atoms with van der Waals surface area (Å²) in [4.78, 5) is 23.2. The number of carbonyl (C=O) groups is 2.